The van der Waals surface area contributed by atoms with Gasteiger partial charge in [-0.2, -0.15) is 0 Å². The van der Waals surface area contributed by atoms with Crippen molar-refractivity contribution in [3.05, 3.63) is 17.0 Å². The van der Waals surface area contributed by atoms with Crippen molar-refractivity contribution in [3.8, 4) is 10.8 Å². The smallest absolute Gasteiger partial charge is 0.319 e. The third-order valence-corrected chi connectivity index (χ3v) is 4.07. The van der Waals surface area contributed by atoms with Crippen LogP contribution in [-0.2, 0) is 9.53 Å². The van der Waals surface area contributed by atoms with E-state index in [1.807, 2.05) is 19.1 Å². The summed E-state index contributed by atoms with van der Waals surface area (Å²) in [5, 5.41) is 7.86. The number of nitrogens with zero attached hydrogens (tertiary/aromatic N) is 2. The molecule has 0 bridgehead atoms. The Labute approximate surface area is 113 Å². The molecule has 1 atom stereocenters. The van der Waals surface area contributed by atoms with Gasteiger partial charge in [-0.1, -0.05) is 11.8 Å². The van der Waals surface area contributed by atoms with Crippen molar-refractivity contribution in [1.29, 1.82) is 0 Å². The summed E-state index contributed by atoms with van der Waals surface area (Å²) >= 11 is 2.78. The molecule has 0 fully saturated rings. The molecule has 0 aliphatic heterocycles. The van der Waals surface area contributed by atoms with E-state index < -0.39 is 0 Å². The van der Waals surface area contributed by atoms with Gasteiger partial charge in [0.15, 0.2) is 0 Å². The van der Waals surface area contributed by atoms with E-state index in [1.54, 1.807) is 18.3 Å². The fourth-order valence-electron chi connectivity index (χ4n) is 1.27. The molecule has 0 spiro atoms. The van der Waals surface area contributed by atoms with E-state index in [1.165, 1.54) is 23.7 Å². The summed E-state index contributed by atoms with van der Waals surface area (Å²) in [5.74, 6) is 0.166. The van der Waals surface area contributed by atoms with E-state index in [-0.39, 0.29) is 11.2 Å². The second-order valence-electron chi connectivity index (χ2n) is 3.57. The Hall–Kier alpha value is -1.34. The molecule has 2 heterocycles. The Morgan fingerprint density at radius 3 is 2.89 bits per heavy atom. The van der Waals surface area contributed by atoms with Gasteiger partial charge in [-0.3, -0.25) is 4.79 Å². The molecular formula is C11H12N2O3S2. The van der Waals surface area contributed by atoms with Crippen molar-refractivity contribution in [1.82, 2.24) is 10.2 Å². The van der Waals surface area contributed by atoms with Crippen molar-refractivity contribution in [3.63, 3.8) is 0 Å². The van der Waals surface area contributed by atoms with Gasteiger partial charge in [-0.15, -0.1) is 21.5 Å². The molecule has 0 N–H and O–H groups in total. The van der Waals surface area contributed by atoms with Crippen LogP contribution in [-0.4, -0.2) is 28.5 Å². The number of carbonyl (C=O) groups is 1. The van der Waals surface area contributed by atoms with E-state index in [0.717, 1.165) is 4.88 Å². The molecular weight excluding hydrogens is 272 g/mol. The number of hydrogen-bond donors (Lipinski definition) is 0. The van der Waals surface area contributed by atoms with Crippen LogP contribution in [0, 0.1) is 6.92 Å². The minimum Gasteiger partial charge on any atom is -0.468 e. The molecule has 18 heavy (non-hydrogen) atoms. The number of rotatable bonds is 4. The second-order valence-corrected chi connectivity index (χ2v) is 6.15. The molecule has 2 aromatic heterocycles. The van der Waals surface area contributed by atoms with E-state index in [9.17, 15) is 4.79 Å². The Morgan fingerprint density at radius 2 is 2.28 bits per heavy atom. The Kier molecular flexibility index (Phi) is 4.03. The standard InChI is InChI=1S/C11H12N2O3S2/c1-6-4-5-8(17-6)9-12-13-11(16-9)18-7(2)10(14)15-3/h4-5,7H,1-3H3. The number of methoxy groups -OCH3 is 1. The van der Waals surface area contributed by atoms with Crippen LogP contribution in [0.15, 0.2) is 21.8 Å². The van der Waals surface area contributed by atoms with Crippen molar-refractivity contribution in [2.75, 3.05) is 7.11 Å². The maximum absolute atomic E-state index is 11.3. The average molecular weight is 284 g/mol. The molecule has 0 amide bonds. The summed E-state index contributed by atoms with van der Waals surface area (Å²) in [6.07, 6.45) is 0. The molecule has 96 valence electrons. The molecule has 0 aliphatic rings. The fraction of sp³-hybridized carbons (Fsp3) is 0.364. The topological polar surface area (TPSA) is 65.2 Å². The zero-order valence-corrected chi connectivity index (χ0v) is 11.8. The number of hydrogen-bond acceptors (Lipinski definition) is 7. The van der Waals surface area contributed by atoms with Crippen LogP contribution in [0.1, 0.15) is 11.8 Å². The highest BCUT2D eigenvalue weighted by Crippen LogP contribution is 2.30. The zero-order chi connectivity index (χ0) is 13.1. The third kappa shape index (κ3) is 2.91. The molecule has 5 nitrogen and oxygen atoms in total. The van der Waals surface area contributed by atoms with Crippen LogP contribution in [0.25, 0.3) is 10.8 Å². The number of carbonyl (C=O) groups excluding carboxylic acids is 1. The number of esters is 1. The molecule has 2 rings (SSSR count). The first kappa shape index (κ1) is 13.1. The summed E-state index contributed by atoms with van der Waals surface area (Å²) in [4.78, 5) is 13.4. The number of aryl methyl sites for hydroxylation is 1. The molecule has 0 radical (unpaired) electrons. The van der Waals surface area contributed by atoms with Gasteiger partial charge in [0.25, 0.3) is 11.1 Å². The highest BCUT2D eigenvalue weighted by molar-refractivity contribution is 8.00. The highest BCUT2D eigenvalue weighted by atomic mass is 32.2. The number of thioether (sulfide) groups is 1. The molecule has 0 aliphatic carbocycles. The van der Waals surface area contributed by atoms with E-state index in [2.05, 4.69) is 14.9 Å². The van der Waals surface area contributed by atoms with Gasteiger partial charge in [-0.25, -0.2) is 0 Å². The van der Waals surface area contributed by atoms with Gasteiger partial charge < -0.3 is 9.15 Å². The number of aromatic nitrogens is 2. The Balaban J connectivity index is 2.09. The normalized spacial score (nSPS) is 12.4. The maximum Gasteiger partial charge on any atom is 0.319 e. The predicted octanol–water partition coefficient (Wildman–Crippen LogP) is 2.76. The molecule has 1 unspecified atom stereocenters. The minimum absolute atomic E-state index is 0.313. The van der Waals surface area contributed by atoms with Gasteiger partial charge in [0, 0.05) is 4.88 Å². The van der Waals surface area contributed by atoms with Crippen molar-refractivity contribution >= 4 is 29.1 Å². The van der Waals surface area contributed by atoms with Crippen LogP contribution in [0.3, 0.4) is 0 Å². The lowest BCUT2D eigenvalue weighted by atomic mass is 10.4. The zero-order valence-electron chi connectivity index (χ0n) is 10.2. The van der Waals surface area contributed by atoms with Crippen molar-refractivity contribution in [2.45, 2.75) is 24.3 Å². The lowest BCUT2D eigenvalue weighted by Crippen LogP contribution is -2.14. The summed E-state index contributed by atoms with van der Waals surface area (Å²) in [6.45, 7) is 3.75. The highest BCUT2D eigenvalue weighted by Gasteiger charge is 2.19. The third-order valence-electron chi connectivity index (χ3n) is 2.17. The molecule has 2 aromatic rings. The number of thiophene rings is 1. The van der Waals surface area contributed by atoms with Crippen LogP contribution < -0.4 is 0 Å². The lowest BCUT2D eigenvalue weighted by molar-refractivity contribution is -0.139. The van der Waals surface area contributed by atoms with Gasteiger partial charge in [0.1, 0.15) is 5.25 Å². The summed E-state index contributed by atoms with van der Waals surface area (Å²) in [5.41, 5.74) is 0. The van der Waals surface area contributed by atoms with Crippen LogP contribution in [0.2, 0.25) is 0 Å². The molecule has 0 saturated heterocycles. The van der Waals surface area contributed by atoms with Crippen molar-refractivity contribution < 1.29 is 13.9 Å². The number of ether oxygens (including phenoxy) is 1. The monoisotopic (exact) mass is 284 g/mol. The first-order valence-corrected chi connectivity index (χ1v) is 6.94. The largest absolute Gasteiger partial charge is 0.468 e. The van der Waals surface area contributed by atoms with Crippen LogP contribution in [0.4, 0.5) is 0 Å². The quantitative estimate of drug-likeness (QED) is 0.635. The maximum atomic E-state index is 11.3. The molecule has 0 saturated carbocycles. The van der Waals surface area contributed by atoms with E-state index in [0.29, 0.717) is 11.1 Å². The first-order chi connectivity index (χ1) is 8.60. The van der Waals surface area contributed by atoms with E-state index >= 15 is 0 Å². The van der Waals surface area contributed by atoms with E-state index in [4.69, 9.17) is 4.42 Å². The molecule has 7 heteroatoms. The summed E-state index contributed by atoms with van der Waals surface area (Å²) in [7, 11) is 1.35. The summed E-state index contributed by atoms with van der Waals surface area (Å²) in [6, 6.07) is 3.93. The van der Waals surface area contributed by atoms with Crippen LogP contribution in [0.5, 0.6) is 0 Å². The average Bonchev–Trinajstić information content (AvgIpc) is 2.96. The first-order valence-electron chi connectivity index (χ1n) is 5.25. The summed E-state index contributed by atoms with van der Waals surface area (Å²) < 4.78 is 10.1. The van der Waals surface area contributed by atoms with Gasteiger partial charge in [-0.05, 0) is 26.0 Å². The van der Waals surface area contributed by atoms with Gasteiger partial charge >= 0.3 is 5.97 Å². The lowest BCUT2D eigenvalue weighted by Gasteiger charge is -2.04. The SMILES string of the molecule is COC(=O)C(C)Sc1nnc(-c2ccc(C)s2)o1. The minimum atomic E-state index is -0.367. The van der Waals surface area contributed by atoms with Gasteiger partial charge in [0.2, 0.25) is 0 Å². The Morgan fingerprint density at radius 1 is 1.50 bits per heavy atom. The molecule has 0 aromatic carbocycles. The Bertz CT molecular complexity index is 550. The van der Waals surface area contributed by atoms with Crippen molar-refractivity contribution in [2.24, 2.45) is 0 Å². The van der Waals surface area contributed by atoms with Gasteiger partial charge in [0.05, 0.1) is 12.0 Å². The predicted molar refractivity (Wildman–Crippen MR) is 69.7 cm³/mol. The second kappa shape index (κ2) is 5.53. The van der Waals surface area contributed by atoms with Crippen LogP contribution >= 0.6 is 23.1 Å². The fourth-order valence-corrected chi connectivity index (χ4v) is 2.77.